The molecular formula is C22H32IN5OS. The molecule has 30 heavy (non-hydrogen) atoms. The van der Waals surface area contributed by atoms with Crippen LogP contribution < -0.4 is 10.2 Å². The molecule has 0 aliphatic carbocycles. The van der Waals surface area contributed by atoms with Gasteiger partial charge in [-0.2, -0.15) is 0 Å². The minimum atomic E-state index is 0. The van der Waals surface area contributed by atoms with Gasteiger partial charge in [0.2, 0.25) is 5.91 Å². The smallest absolute Gasteiger partial charge is 0.224 e. The molecule has 164 valence electrons. The molecular weight excluding hydrogens is 509 g/mol. The predicted molar refractivity (Wildman–Crippen MR) is 137 cm³/mol. The molecule has 0 radical (unpaired) electrons. The van der Waals surface area contributed by atoms with Crippen LogP contribution in [0.1, 0.15) is 11.3 Å². The molecule has 3 rings (SSSR count). The zero-order valence-electron chi connectivity index (χ0n) is 17.8. The minimum absolute atomic E-state index is 0. The number of carbonyl (C=O) groups is 1. The number of carbonyl (C=O) groups excluding carboxylic acids is 1. The van der Waals surface area contributed by atoms with Crippen LogP contribution in [0, 0.1) is 0 Å². The van der Waals surface area contributed by atoms with Crippen molar-refractivity contribution < 1.29 is 4.79 Å². The van der Waals surface area contributed by atoms with Crippen molar-refractivity contribution in [2.45, 2.75) is 12.8 Å². The van der Waals surface area contributed by atoms with Gasteiger partial charge in [-0.3, -0.25) is 9.79 Å². The van der Waals surface area contributed by atoms with Crippen LogP contribution in [0.3, 0.4) is 0 Å². The number of anilines is 1. The van der Waals surface area contributed by atoms with Gasteiger partial charge in [0.1, 0.15) is 0 Å². The first-order chi connectivity index (χ1) is 14.2. The second-order valence-electron chi connectivity index (χ2n) is 7.18. The monoisotopic (exact) mass is 541 g/mol. The molecule has 1 aliphatic heterocycles. The highest BCUT2D eigenvalue weighted by molar-refractivity contribution is 14.0. The van der Waals surface area contributed by atoms with Gasteiger partial charge in [-0.25, -0.2) is 0 Å². The summed E-state index contributed by atoms with van der Waals surface area (Å²) in [5.41, 5.74) is 1.23. The third-order valence-corrected chi connectivity index (χ3v) is 6.16. The van der Waals surface area contributed by atoms with E-state index in [0.717, 1.165) is 45.1 Å². The van der Waals surface area contributed by atoms with E-state index in [4.69, 9.17) is 0 Å². The van der Waals surface area contributed by atoms with E-state index in [1.165, 1.54) is 10.6 Å². The Labute approximate surface area is 201 Å². The molecule has 0 atom stereocenters. The molecule has 1 aromatic heterocycles. The lowest BCUT2D eigenvalue weighted by atomic mass is 10.2. The zero-order valence-corrected chi connectivity index (χ0v) is 20.9. The number of para-hydroxylation sites is 1. The van der Waals surface area contributed by atoms with Crippen molar-refractivity contribution in [2.24, 2.45) is 4.99 Å². The van der Waals surface area contributed by atoms with Gasteiger partial charge in [0, 0.05) is 70.3 Å². The molecule has 0 bridgehead atoms. The number of nitrogens with zero attached hydrogens (tertiary/aromatic N) is 4. The lowest BCUT2D eigenvalue weighted by molar-refractivity contribution is -0.131. The van der Waals surface area contributed by atoms with Crippen LogP contribution in [0.5, 0.6) is 0 Å². The van der Waals surface area contributed by atoms with Crippen molar-refractivity contribution in [3.05, 3.63) is 52.7 Å². The summed E-state index contributed by atoms with van der Waals surface area (Å²) in [5, 5.41) is 5.43. The van der Waals surface area contributed by atoms with Crippen LogP contribution in [-0.4, -0.2) is 75.0 Å². The maximum atomic E-state index is 12.6. The Bertz CT molecular complexity index is 776. The van der Waals surface area contributed by atoms with Gasteiger partial charge in [-0.05, 0) is 30.0 Å². The van der Waals surface area contributed by atoms with Gasteiger partial charge in [-0.15, -0.1) is 35.3 Å². The number of guanidine groups is 1. The van der Waals surface area contributed by atoms with E-state index in [1.54, 1.807) is 18.4 Å². The summed E-state index contributed by atoms with van der Waals surface area (Å²) in [5.74, 6) is 1.05. The molecule has 0 saturated carbocycles. The van der Waals surface area contributed by atoms with Gasteiger partial charge in [-0.1, -0.05) is 24.3 Å². The molecule has 0 spiro atoms. The number of amides is 1. The molecule has 2 aromatic rings. The fourth-order valence-corrected chi connectivity index (χ4v) is 4.21. The van der Waals surface area contributed by atoms with Crippen LogP contribution in [0.4, 0.5) is 5.69 Å². The molecule has 1 amide bonds. The van der Waals surface area contributed by atoms with Crippen molar-refractivity contribution in [1.29, 1.82) is 0 Å². The number of likely N-dealkylation sites (N-methyl/N-ethyl adjacent to an activating group) is 1. The average Bonchev–Trinajstić information content (AvgIpc) is 3.29. The number of rotatable bonds is 7. The number of thiophene rings is 1. The number of hydrogen-bond donors (Lipinski definition) is 1. The second kappa shape index (κ2) is 12.8. The molecule has 1 aromatic carbocycles. The normalized spacial score (nSPS) is 14.3. The van der Waals surface area contributed by atoms with Crippen molar-refractivity contribution in [3.63, 3.8) is 0 Å². The summed E-state index contributed by atoms with van der Waals surface area (Å²) in [6, 6.07) is 14.6. The van der Waals surface area contributed by atoms with E-state index in [-0.39, 0.29) is 29.9 Å². The number of benzene rings is 1. The van der Waals surface area contributed by atoms with Gasteiger partial charge < -0.3 is 20.0 Å². The van der Waals surface area contributed by atoms with Gasteiger partial charge in [0.05, 0.1) is 0 Å². The van der Waals surface area contributed by atoms with Crippen LogP contribution in [0.2, 0.25) is 0 Å². The lowest BCUT2D eigenvalue weighted by Crippen LogP contribution is -2.49. The molecule has 6 nitrogen and oxygen atoms in total. The van der Waals surface area contributed by atoms with Crippen molar-refractivity contribution in [2.75, 3.05) is 58.3 Å². The quantitative estimate of drug-likeness (QED) is 0.333. The van der Waals surface area contributed by atoms with E-state index in [9.17, 15) is 4.79 Å². The maximum absolute atomic E-state index is 12.6. The Balaban J connectivity index is 0.00000320. The van der Waals surface area contributed by atoms with Crippen LogP contribution in [-0.2, 0) is 11.2 Å². The summed E-state index contributed by atoms with van der Waals surface area (Å²) in [4.78, 5) is 24.7. The average molecular weight is 542 g/mol. The lowest BCUT2D eigenvalue weighted by Gasteiger charge is -2.36. The molecule has 1 saturated heterocycles. The zero-order chi connectivity index (χ0) is 20.5. The highest BCUT2D eigenvalue weighted by atomic mass is 127. The Morgan fingerprint density at radius 1 is 1.13 bits per heavy atom. The number of nitrogens with one attached hydrogen (secondary N) is 1. The summed E-state index contributed by atoms with van der Waals surface area (Å²) in [6.45, 7) is 4.84. The second-order valence-corrected chi connectivity index (χ2v) is 8.21. The van der Waals surface area contributed by atoms with E-state index in [2.05, 4.69) is 61.9 Å². The Morgan fingerprint density at radius 2 is 1.87 bits per heavy atom. The van der Waals surface area contributed by atoms with Gasteiger partial charge >= 0.3 is 0 Å². The summed E-state index contributed by atoms with van der Waals surface area (Å²) < 4.78 is 0. The van der Waals surface area contributed by atoms with Crippen molar-refractivity contribution >= 4 is 52.9 Å². The van der Waals surface area contributed by atoms with Crippen molar-refractivity contribution in [1.82, 2.24) is 15.1 Å². The summed E-state index contributed by atoms with van der Waals surface area (Å²) in [6.07, 6.45) is 1.49. The van der Waals surface area contributed by atoms with Crippen molar-refractivity contribution in [3.8, 4) is 0 Å². The van der Waals surface area contributed by atoms with Crippen LogP contribution in [0.25, 0.3) is 0 Å². The Morgan fingerprint density at radius 3 is 2.50 bits per heavy atom. The third-order valence-electron chi connectivity index (χ3n) is 5.22. The molecule has 1 aliphatic rings. The van der Waals surface area contributed by atoms with E-state index < -0.39 is 0 Å². The number of piperazine rings is 1. The fraction of sp³-hybridized carbons (Fsp3) is 0.455. The molecule has 1 fully saturated rings. The SMILES string of the molecule is CN=C(NCCC(=O)N1CCN(c2ccccc2)CC1)N(C)CCc1cccs1.I. The maximum Gasteiger partial charge on any atom is 0.224 e. The first kappa shape index (κ1) is 24.5. The van der Waals surface area contributed by atoms with E-state index in [1.807, 2.05) is 18.0 Å². The topological polar surface area (TPSA) is 51.2 Å². The summed E-state index contributed by atoms with van der Waals surface area (Å²) >= 11 is 1.78. The third kappa shape index (κ3) is 7.16. The van der Waals surface area contributed by atoms with Crippen LogP contribution in [0.15, 0.2) is 52.8 Å². The largest absolute Gasteiger partial charge is 0.368 e. The highest BCUT2D eigenvalue weighted by Gasteiger charge is 2.21. The number of hydrogen-bond acceptors (Lipinski definition) is 4. The number of aliphatic imine (C=N–C) groups is 1. The Kier molecular flexibility index (Phi) is 10.4. The highest BCUT2D eigenvalue weighted by Crippen LogP contribution is 2.15. The van der Waals surface area contributed by atoms with E-state index in [0.29, 0.717) is 13.0 Å². The predicted octanol–water partition coefficient (Wildman–Crippen LogP) is 3.15. The first-order valence-corrected chi connectivity index (χ1v) is 11.1. The van der Waals surface area contributed by atoms with Crippen LogP contribution >= 0.6 is 35.3 Å². The van der Waals surface area contributed by atoms with Gasteiger partial charge in [0.15, 0.2) is 5.96 Å². The fourth-order valence-electron chi connectivity index (χ4n) is 3.52. The standard InChI is InChI=1S/C22H31N5OS.HI/c1-23-22(25(2)13-11-20-9-6-18-29-20)24-12-10-21(28)27-16-14-26(15-17-27)19-7-4-3-5-8-19;/h3-9,18H,10-17H2,1-2H3,(H,23,24);1H. The minimum Gasteiger partial charge on any atom is -0.368 e. The Hall–Kier alpha value is -1.81. The first-order valence-electron chi connectivity index (χ1n) is 10.2. The summed E-state index contributed by atoms with van der Waals surface area (Å²) in [7, 11) is 3.82. The van der Waals surface area contributed by atoms with E-state index >= 15 is 0 Å². The van der Waals surface area contributed by atoms with Gasteiger partial charge in [0.25, 0.3) is 0 Å². The molecule has 2 heterocycles. The molecule has 8 heteroatoms. The number of halogens is 1. The molecule has 0 unspecified atom stereocenters. The molecule has 1 N–H and O–H groups in total.